The Bertz CT molecular complexity index is 474. The summed E-state index contributed by atoms with van der Waals surface area (Å²) in [6, 6.07) is 4.78. The van der Waals surface area contributed by atoms with Crippen LogP contribution in [0.15, 0.2) is 24.3 Å². The second-order valence-electron chi connectivity index (χ2n) is 4.98. The van der Waals surface area contributed by atoms with Gasteiger partial charge in [-0.2, -0.15) is 0 Å². The Labute approximate surface area is 121 Å². The highest BCUT2D eigenvalue weighted by Gasteiger charge is 2.31. The summed E-state index contributed by atoms with van der Waals surface area (Å²) in [4.78, 5) is 12.1. The average Bonchev–Trinajstić information content (AvgIpc) is 2.37. The molecule has 1 atom stereocenters. The van der Waals surface area contributed by atoms with Crippen LogP contribution in [0.2, 0.25) is 0 Å². The second-order valence-corrected chi connectivity index (χ2v) is 4.98. The first-order valence-electron chi connectivity index (χ1n) is 6.57. The molecule has 0 aromatic heterocycles. The van der Waals surface area contributed by atoms with Gasteiger partial charge in [0.05, 0.1) is 0 Å². The van der Waals surface area contributed by atoms with Gasteiger partial charge in [-0.25, -0.2) is 0 Å². The maximum atomic E-state index is 12.1. The molecule has 21 heavy (non-hydrogen) atoms. The van der Waals surface area contributed by atoms with Crippen LogP contribution in [0.3, 0.4) is 0 Å². The zero-order chi connectivity index (χ0) is 16.1. The van der Waals surface area contributed by atoms with Crippen LogP contribution >= 0.6 is 0 Å². The zero-order valence-electron chi connectivity index (χ0n) is 12.0. The normalized spacial score (nSPS) is 14.4. The number of nitrogens with two attached hydrogens (primary N) is 1. The summed E-state index contributed by atoms with van der Waals surface area (Å²) in [7, 11) is 0. The van der Waals surface area contributed by atoms with Gasteiger partial charge in [-0.1, -0.05) is 6.92 Å². The van der Waals surface area contributed by atoms with Gasteiger partial charge in [0, 0.05) is 11.1 Å². The summed E-state index contributed by atoms with van der Waals surface area (Å²) >= 11 is 0. The van der Waals surface area contributed by atoms with Crippen molar-refractivity contribution in [2.75, 3.05) is 6.54 Å². The lowest BCUT2D eigenvalue weighted by Gasteiger charge is -2.29. The number of benzene rings is 1. The van der Waals surface area contributed by atoms with E-state index in [2.05, 4.69) is 10.1 Å². The standard InChI is InChI=1S/C14H19F3N2O2/c1-3-13(2,8-9-18)19-12(20)10-4-6-11(7-5-10)21-14(15,16)17/h4-7H,3,8-9,18H2,1-2H3,(H,19,20). The van der Waals surface area contributed by atoms with Gasteiger partial charge in [0.15, 0.2) is 0 Å². The molecule has 1 amide bonds. The minimum Gasteiger partial charge on any atom is -0.406 e. The second kappa shape index (κ2) is 6.80. The summed E-state index contributed by atoms with van der Waals surface area (Å²) in [5.41, 5.74) is 5.34. The van der Waals surface area contributed by atoms with Crippen molar-refractivity contribution < 1.29 is 22.7 Å². The number of carbonyl (C=O) groups is 1. The molecule has 0 heterocycles. The van der Waals surface area contributed by atoms with Gasteiger partial charge in [0.1, 0.15) is 5.75 Å². The molecule has 1 rings (SSSR count). The number of amides is 1. The van der Waals surface area contributed by atoms with Crippen molar-refractivity contribution in [3.63, 3.8) is 0 Å². The Balaban J connectivity index is 2.75. The molecule has 1 unspecified atom stereocenters. The molecule has 118 valence electrons. The van der Waals surface area contributed by atoms with Gasteiger partial charge in [-0.05, 0) is 50.6 Å². The maximum Gasteiger partial charge on any atom is 0.573 e. The van der Waals surface area contributed by atoms with E-state index in [9.17, 15) is 18.0 Å². The molecule has 1 aromatic rings. The highest BCUT2D eigenvalue weighted by molar-refractivity contribution is 5.94. The van der Waals surface area contributed by atoms with Crippen LogP contribution in [0.5, 0.6) is 5.75 Å². The number of carbonyl (C=O) groups excluding carboxylic acids is 1. The first-order chi connectivity index (χ1) is 9.69. The maximum absolute atomic E-state index is 12.1. The third-order valence-corrected chi connectivity index (χ3v) is 3.24. The van der Waals surface area contributed by atoms with Crippen molar-refractivity contribution in [3.05, 3.63) is 29.8 Å². The lowest BCUT2D eigenvalue weighted by Crippen LogP contribution is -2.46. The van der Waals surface area contributed by atoms with Gasteiger partial charge >= 0.3 is 6.36 Å². The number of rotatable bonds is 6. The fourth-order valence-corrected chi connectivity index (χ4v) is 1.80. The van der Waals surface area contributed by atoms with E-state index in [0.717, 1.165) is 12.1 Å². The van der Waals surface area contributed by atoms with Gasteiger partial charge < -0.3 is 15.8 Å². The summed E-state index contributed by atoms with van der Waals surface area (Å²) in [5.74, 6) is -0.717. The molecule has 1 aromatic carbocycles. The predicted octanol–water partition coefficient (Wildman–Crippen LogP) is 2.83. The average molecular weight is 304 g/mol. The molecule has 0 saturated carbocycles. The van der Waals surface area contributed by atoms with E-state index in [1.54, 1.807) is 0 Å². The number of hydrogen-bond donors (Lipinski definition) is 2. The monoisotopic (exact) mass is 304 g/mol. The van der Waals surface area contributed by atoms with Crippen LogP contribution < -0.4 is 15.8 Å². The van der Waals surface area contributed by atoms with Crippen LogP contribution in [-0.2, 0) is 0 Å². The molecule has 0 aliphatic rings. The molecule has 0 saturated heterocycles. The highest BCUT2D eigenvalue weighted by atomic mass is 19.4. The van der Waals surface area contributed by atoms with Crippen LogP contribution in [0.25, 0.3) is 0 Å². The van der Waals surface area contributed by atoms with Crippen molar-refractivity contribution >= 4 is 5.91 Å². The summed E-state index contributed by atoms with van der Waals surface area (Å²) < 4.78 is 39.9. The highest BCUT2D eigenvalue weighted by Crippen LogP contribution is 2.23. The van der Waals surface area contributed by atoms with Crippen LogP contribution in [-0.4, -0.2) is 24.4 Å². The van der Waals surface area contributed by atoms with E-state index < -0.39 is 11.9 Å². The third kappa shape index (κ3) is 5.63. The van der Waals surface area contributed by atoms with E-state index >= 15 is 0 Å². The first kappa shape index (κ1) is 17.3. The fourth-order valence-electron chi connectivity index (χ4n) is 1.80. The van der Waals surface area contributed by atoms with Crippen LogP contribution in [0.1, 0.15) is 37.0 Å². The lowest BCUT2D eigenvalue weighted by molar-refractivity contribution is -0.274. The molecule has 7 heteroatoms. The largest absolute Gasteiger partial charge is 0.573 e. The Morgan fingerprint density at radius 1 is 1.29 bits per heavy atom. The molecule has 3 N–H and O–H groups in total. The number of ether oxygens (including phenoxy) is 1. The number of alkyl halides is 3. The molecule has 0 fully saturated rings. The minimum atomic E-state index is -4.74. The van der Waals surface area contributed by atoms with E-state index in [-0.39, 0.29) is 17.2 Å². The first-order valence-corrected chi connectivity index (χ1v) is 6.57. The SMILES string of the molecule is CCC(C)(CCN)NC(=O)c1ccc(OC(F)(F)F)cc1. The molecule has 0 bridgehead atoms. The van der Waals surface area contributed by atoms with E-state index in [1.165, 1.54) is 12.1 Å². The molecular weight excluding hydrogens is 285 g/mol. The predicted molar refractivity (Wildman–Crippen MR) is 73.0 cm³/mol. The third-order valence-electron chi connectivity index (χ3n) is 3.24. The van der Waals surface area contributed by atoms with Crippen LogP contribution in [0.4, 0.5) is 13.2 Å². The van der Waals surface area contributed by atoms with Crippen molar-refractivity contribution in [3.8, 4) is 5.75 Å². The van der Waals surface area contributed by atoms with Gasteiger partial charge in [-0.3, -0.25) is 4.79 Å². The zero-order valence-corrected chi connectivity index (χ0v) is 12.0. The molecule has 4 nitrogen and oxygen atoms in total. The van der Waals surface area contributed by atoms with E-state index in [4.69, 9.17) is 5.73 Å². The summed E-state index contributed by atoms with van der Waals surface area (Å²) in [6.45, 7) is 4.23. The van der Waals surface area contributed by atoms with Gasteiger partial charge in [0.2, 0.25) is 0 Å². The number of halogens is 3. The van der Waals surface area contributed by atoms with Crippen molar-refractivity contribution in [1.29, 1.82) is 0 Å². The van der Waals surface area contributed by atoms with Crippen molar-refractivity contribution in [1.82, 2.24) is 5.32 Å². The molecule has 0 spiro atoms. The Morgan fingerprint density at radius 3 is 2.29 bits per heavy atom. The van der Waals surface area contributed by atoms with Gasteiger partial charge in [0.25, 0.3) is 5.91 Å². The minimum absolute atomic E-state index is 0.265. The van der Waals surface area contributed by atoms with E-state index in [0.29, 0.717) is 19.4 Å². The van der Waals surface area contributed by atoms with E-state index in [1.807, 2.05) is 13.8 Å². The molecule has 0 aliphatic heterocycles. The van der Waals surface area contributed by atoms with Gasteiger partial charge in [-0.15, -0.1) is 13.2 Å². The number of hydrogen-bond acceptors (Lipinski definition) is 3. The summed E-state index contributed by atoms with van der Waals surface area (Å²) in [6.07, 6.45) is -3.43. The lowest BCUT2D eigenvalue weighted by atomic mass is 9.94. The van der Waals surface area contributed by atoms with Crippen LogP contribution in [0, 0.1) is 0 Å². The summed E-state index contributed by atoms with van der Waals surface area (Å²) in [5, 5.41) is 2.85. The molecular formula is C14H19F3N2O2. The topological polar surface area (TPSA) is 64.3 Å². The fraction of sp³-hybridized carbons (Fsp3) is 0.500. The molecule has 0 radical (unpaired) electrons. The Hall–Kier alpha value is -1.76. The quantitative estimate of drug-likeness (QED) is 0.849. The molecule has 0 aliphatic carbocycles. The number of nitrogens with one attached hydrogen (secondary N) is 1. The van der Waals surface area contributed by atoms with Crippen molar-refractivity contribution in [2.45, 2.75) is 38.6 Å². The Morgan fingerprint density at radius 2 is 1.86 bits per heavy atom. The van der Waals surface area contributed by atoms with Crippen molar-refractivity contribution in [2.24, 2.45) is 5.73 Å². The smallest absolute Gasteiger partial charge is 0.406 e. The Kier molecular flexibility index (Phi) is 5.60.